The molecule has 0 saturated carbocycles. The van der Waals surface area contributed by atoms with Crippen LogP contribution in [0.1, 0.15) is 28.9 Å². The molecule has 0 fully saturated rings. The van der Waals surface area contributed by atoms with Crippen molar-refractivity contribution in [2.24, 2.45) is 0 Å². The van der Waals surface area contributed by atoms with Crippen LogP contribution in [0.25, 0.3) is 0 Å². The second kappa shape index (κ2) is 6.51. The summed E-state index contributed by atoms with van der Waals surface area (Å²) in [6, 6.07) is 5.53. The fraction of sp³-hybridized carbons (Fsp3) is 0.312. The number of benzene rings is 1. The van der Waals surface area contributed by atoms with E-state index in [9.17, 15) is 14.4 Å². The molecule has 7 nitrogen and oxygen atoms in total. The SMILES string of the molecule is COC(=O)C1=C(C)N(C)C(=O)NC1c1ccc(C(=O)OC)cc1. The molecule has 1 aromatic carbocycles. The maximum absolute atomic E-state index is 12.1. The van der Waals surface area contributed by atoms with Crippen LogP contribution in [-0.4, -0.2) is 44.1 Å². The van der Waals surface area contributed by atoms with E-state index in [1.54, 1.807) is 38.2 Å². The second-order valence-corrected chi connectivity index (χ2v) is 5.05. The molecule has 0 aromatic heterocycles. The molecular weight excluding hydrogens is 300 g/mol. The topological polar surface area (TPSA) is 84.9 Å². The molecule has 0 saturated heterocycles. The van der Waals surface area contributed by atoms with E-state index in [1.165, 1.54) is 19.1 Å². The van der Waals surface area contributed by atoms with Gasteiger partial charge >= 0.3 is 18.0 Å². The number of nitrogens with one attached hydrogen (secondary N) is 1. The Hall–Kier alpha value is -2.83. The van der Waals surface area contributed by atoms with Crippen molar-refractivity contribution in [3.05, 3.63) is 46.7 Å². The maximum Gasteiger partial charge on any atom is 0.337 e. The molecule has 1 atom stereocenters. The van der Waals surface area contributed by atoms with Gasteiger partial charge in [0.1, 0.15) is 0 Å². The number of esters is 2. The van der Waals surface area contributed by atoms with Gasteiger partial charge in [-0.25, -0.2) is 14.4 Å². The second-order valence-electron chi connectivity index (χ2n) is 5.05. The average Bonchev–Trinajstić information content (AvgIpc) is 2.58. The molecule has 0 bridgehead atoms. The lowest BCUT2D eigenvalue weighted by Crippen LogP contribution is -2.46. The van der Waals surface area contributed by atoms with Crippen molar-refractivity contribution in [1.82, 2.24) is 10.2 Å². The predicted molar refractivity (Wildman–Crippen MR) is 81.5 cm³/mol. The minimum atomic E-state index is -0.641. The van der Waals surface area contributed by atoms with Crippen molar-refractivity contribution >= 4 is 18.0 Å². The minimum absolute atomic E-state index is 0.322. The molecule has 23 heavy (non-hydrogen) atoms. The van der Waals surface area contributed by atoms with E-state index in [0.717, 1.165) is 0 Å². The standard InChI is InChI=1S/C16H18N2O5/c1-9-12(15(20)23-4)13(17-16(21)18(9)2)10-5-7-11(8-6-10)14(19)22-3/h5-8,13H,1-4H3,(H,17,21). The van der Waals surface area contributed by atoms with Crippen LogP contribution in [0.15, 0.2) is 35.5 Å². The van der Waals surface area contributed by atoms with Crippen molar-refractivity contribution in [2.75, 3.05) is 21.3 Å². The molecule has 7 heteroatoms. The highest BCUT2D eigenvalue weighted by Crippen LogP contribution is 2.30. The predicted octanol–water partition coefficient (Wildman–Crippen LogP) is 1.62. The number of carbonyl (C=O) groups is 3. The van der Waals surface area contributed by atoms with E-state index in [1.807, 2.05) is 0 Å². The molecule has 0 radical (unpaired) electrons. The van der Waals surface area contributed by atoms with Crippen LogP contribution in [0.3, 0.4) is 0 Å². The molecule has 1 N–H and O–H groups in total. The minimum Gasteiger partial charge on any atom is -0.466 e. The Balaban J connectivity index is 2.45. The molecule has 1 heterocycles. The highest BCUT2D eigenvalue weighted by atomic mass is 16.5. The summed E-state index contributed by atoms with van der Waals surface area (Å²) in [5.41, 5.74) is 1.91. The Morgan fingerprint density at radius 2 is 1.65 bits per heavy atom. The van der Waals surface area contributed by atoms with Gasteiger partial charge in [0.05, 0.1) is 31.4 Å². The molecule has 1 aliphatic heterocycles. The van der Waals surface area contributed by atoms with Gasteiger partial charge in [0.15, 0.2) is 0 Å². The summed E-state index contributed by atoms with van der Waals surface area (Å²) in [5.74, 6) is -0.972. The Labute approximate surface area is 133 Å². The Morgan fingerprint density at radius 3 is 2.17 bits per heavy atom. The molecule has 1 aromatic rings. The van der Waals surface area contributed by atoms with Crippen LogP contribution in [-0.2, 0) is 14.3 Å². The smallest absolute Gasteiger partial charge is 0.337 e. The van der Waals surface area contributed by atoms with Gasteiger partial charge in [-0.15, -0.1) is 0 Å². The quantitative estimate of drug-likeness (QED) is 0.856. The molecule has 1 unspecified atom stereocenters. The van der Waals surface area contributed by atoms with Crippen molar-refractivity contribution in [1.29, 1.82) is 0 Å². The number of carbonyl (C=O) groups excluding carboxylic acids is 3. The molecule has 0 spiro atoms. The Morgan fingerprint density at radius 1 is 1.09 bits per heavy atom. The summed E-state index contributed by atoms with van der Waals surface area (Å²) in [6.07, 6.45) is 0. The molecule has 122 valence electrons. The fourth-order valence-electron chi connectivity index (χ4n) is 2.39. The average molecular weight is 318 g/mol. The number of methoxy groups -OCH3 is 2. The lowest BCUT2D eigenvalue weighted by Gasteiger charge is -2.33. The number of hydrogen-bond donors (Lipinski definition) is 1. The molecule has 2 rings (SSSR count). The number of urea groups is 1. The number of ether oxygens (including phenoxy) is 2. The third-order valence-corrected chi connectivity index (χ3v) is 3.82. The summed E-state index contributed by atoms with van der Waals surface area (Å²) in [7, 11) is 4.16. The van der Waals surface area contributed by atoms with Gasteiger partial charge in [0.25, 0.3) is 0 Å². The molecule has 0 aliphatic carbocycles. The van der Waals surface area contributed by atoms with Crippen molar-refractivity contribution in [2.45, 2.75) is 13.0 Å². The van der Waals surface area contributed by atoms with E-state index in [-0.39, 0.29) is 6.03 Å². The number of amides is 2. The summed E-state index contributed by atoms with van der Waals surface area (Å²) in [4.78, 5) is 37.0. The largest absolute Gasteiger partial charge is 0.466 e. The first-order valence-electron chi connectivity index (χ1n) is 6.92. The number of rotatable bonds is 3. The summed E-state index contributed by atoms with van der Waals surface area (Å²) in [6.45, 7) is 1.68. The monoisotopic (exact) mass is 318 g/mol. The lowest BCUT2D eigenvalue weighted by atomic mass is 9.94. The number of nitrogens with zero attached hydrogens (tertiary/aromatic N) is 1. The van der Waals surface area contributed by atoms with Crippen LogP contribution in [0.5, 0.6) is 0 Å². The van der Waals surface area contributed by atoms with Gasteiger partial charge in [-0.2, -0.15) is 0 Å². The van der Waals surface area contributed by atoms with E-state index < -0.39 is 18.0 Å². The number of hydrogen-bond acceptors (Lipinski definition) is 5. The van der Waals surface area contributed by atoms with E-state index >= 15 is 0 Å². The van der Waals surface area contributed by atoms with Crippen molar-refractivity contribution < 1.29 is 23.9 Å². The van der Waals surface area contributed by atoms with Gasteiger partial charge < -0.3 is 19.7 Å². The Kier molecular flexibility index (Phi) is 4.68. The van der Waals surface area contributed by atoms with E-state index in [0.29, 0.717) is 22.4 Å². The number of allylic oxidation sites excluding steroid dienone is 1. The first-order chi connectivity index (χ1) is 10.9. The molecule has 1 aliphatic rings. The summed E-state index contributed by atoms with van der Waals surface area (Å²) in [5, 5.41) is 2.75. The van der Waals surface area contributed by atoms with Crippen LogP contribution in [0.2, 0.25) is 0 Å². The fourth-order valence-corrected chi connectivity index (χ4v) is 2.39. The highest BCUT2D eigenvalue weighted by molar-refractivity contribution is 5.95. The zero-order valence-corrected chi connectivity index (χ0v) is 13.4. The van der Waals surface area contributed by atoms with Crippen LogP contribution >= 0.6 is 0 Å². The molecule has 2 amide bonds. The van der Waals surface area contributed by atoms with Crippen molar-refractivity contribution in [3.63, 3.8) is 0 Å². The first kappa shape index (κ1) is 16.5. The lowest BCUT2D eigenvalue weighted by molar-refractivity contribution is -0.136. The third kappa shape index (κ3) is 3.03. The van der Waals surface area contributed by atoms with Crippen LogP contribution in [0, 0.1) is 0 Å². The summed E-state index contributed by atoms with van der Waals surface area (Å²) < 4.78 is 9.47. The summed E-state index contributed by atoms with van der Waals surface area (Å²) >= 11 is 0. The molecular formula is C16H18N2O5. The van der Waals surface area contributed by atoms with Gasteiger partial charge in [0, 0.05) is 12.7 Å². The van der Waals surface area contributed by atoms with Crippen LogP contribution < -0.4 is 5.32 Å². The zero-order chi connectivity index (χ0) is 17.1. The third-order valence-electron chi connectivity index (χ3n) is 3.82. The van der Waals surface area contributed by atoms with Gasteiger partial charge in [0.2, 0.25) is 0 Å². The highest BCUT2D eigenvalue weighted by Gasteiger charge is 2.34. The van der Waals surface area contributed by atoms with Crippen molar-refractivity contribution in [3.8, 4) is 0 Å². The van der Waals surface area contributed by atoms with E-state index in [2.05, 4.69) is 10.1 Å². The Bertz CT molecular complexity index is 678. The van der Waals surface area contributed by atoms with Gasteiger partial charge in [-0.1, -0.05) is 12.1 Å². The van der Waals surface area contributed by atoms with Gasteiger partial charge in [-0.05, 0) is 24.6 Å². The van der Waals surface area contributed by atoms with Gasteiger partial charge in [-0.3, -0.25) is 0 Å². The van der Waals surface area contributed by atoms with Crippen LogP contribution in [0.4, 0.5) is 4.79 Å². The first-order valence-corrected chi connectivity index (χ1v) is 6.92. The zero-order valence-electron chi connectivity index (χ0n) is 13.4. The maximum atomic E-state index is 12.1. The normalized spacial score (nSPS) is 17.7. The van der Waals surface area contributed by atoms with E-state index in [4.69, 9.17) is 4.74 Å².